The van der Waals surface area contributed by atoms with E-state index in [2.05, 4.69) is 36.4 Å². The van der Waals surface area contributed by atoms with Gasteiger partial charge in [-0.15, -0.1) is 0 Å². The first-order chi connectivity index (χ1) is 12.2. The van der Waals surface area contributed by atoms with Crippen molar-refractivity contribution in [1.82, 2.24) is 0 Å². The van der Waals surface area contributed by atoms with Crippen molar-refractivity contribution in [2.75, 3.05) is 7.11 Å². The van der Waals surface area contributed by atoms with Crippen LogP contribution in [0.5, 0.6) is 5.75 Å². The molecule has 0 bridgehead atoms. The molecule has 2 heteroatoms. The van der Waals surface area contributed by atoms with Crippen LogP contribution in [0.15, 0.2) is 77.9 Å². The Hall–Kier alpha value is -2.61. The van der Waals surface area contributed by atoms with Gasteiger partial charge in [-0.3, -0.25) is 4.79 Å². The highest BCUT2D eigenvalue weighted by Gasteiger charge is 2.02. The molecule has 2 rings (SSSR count). The molecule has 0 unspecified atom stereocenters. The van der Waals surface area contributed by atoms with E-state index < -0.39 is 0 Å². The van der Waals surface area contributed by atoms with E-state index in [-0.39, 0.29) is 0 Å². The maximum atomic E-state index is 10.5. The molecule has 2 nitrogen and oxygen atoms in total. The summed E-state index contributed by atoms with van der Waals surface area (Å²) in [6.45, 7) is 1.91. The third-order valence-electron chi connectivity index (χ3n) is 4.19. The zero-order valence-corrected chi connectivity index (χ0v) is 15.1. The van der Waals surface area contributed by atoms with Crippen molar-refractivity contribution in [3.63, 3.8) is 0 Å². The maximum absolute atomic E-state index is 10.5. The van der Waals surface area contributed by atoms with Gasteiger partial charge in [0.2, 0.25) is 0 Å². The van der Waals surface area contributed by atoms with E-state index in [1.165, 1.54) is 24.8 Å². The second-order valence-electron chi connectivity index (χ2n) is 6.11. The number of hydrogen-bond acceptors (Lipinski definition) is 2. The van der Waals surface area contributed by atoms with Crippen LogP contribution in [0.25, 0.3) is 5.57 Å². The molecule has 0 atom stereocenters. The number of methoxy groups -OCH3 is 1. The Kier molecular flexibility index (Phi) is 7.71. The highest BCUT2D eigenvalue weighted by atomic mass is 16.5. The molecule has 0 fully saturated rings. The molecule has 0 spiro atoms. The van der Waals surface area contributed by atoms with Crippen LogP contribution in [0.2, 0.25) is 0 Å². The number of benzene rings is 1. The Balaban J connectivity index is 2.26. The predicted octanol–water partition coefficient (Wildman–Crippen LogP) is 5.84. The molecule has 1 aliphatic rings. The molecule has 0 aromatic heterocycles. The number of allylic oxidation sites excluding steroid dienone is 10. The number of rotatable bonds is 7. The quantitative estimate of drug-likeness (QED) is 0.356. The van der Waals surface area contributed by atoms with Gasteiger partial charge < -0.3 is 4.74 Å². The number of ether oxygens (including phenoxy) is 1. The van der Waals surface area contributed by atoms with Crippen LogP contribution >= 0.6 is 0 Å². The third-order valence-corrected chi connectivity index (χ3v) is 4.19. The van der Waals surface area contributed by atoms with Gasteiger partial charge >= 0.3 is 0 Å². The summed E-state index contributed by atoms with van der Waals surface area (Å²) in [7, 11) is 1.67. The molecule has 1 aliphatic carbocycles. The van der Waals surface area contributed by atoms with E-state index in [1.54, 1.807) is 13.2 Å². The van der Waals surface area contributed by atoms with E-state index in [0.29, 0.717) is 0 Å². The lowest BCUT2D eigenvalue weighted by Gasteiger charge is -2.09. The van der Waals surface area contributed by atoms with E-state index in [9.17, 15) is 4.79 Å². The molecule has 0 radical (unpaired) electrons. The summed E-state index contributed by atoms with van der Waals surface area (Å²) in [4.78, 5) is 10.5. The topological polar surface area (TPSA) is 26.3 Å². The van der Waals surface area contributed by atoms with Gasteiger partial charge in [-0.05, 0) is 67.5 Å². The zero-order valence-electron chi connectivity index (χ0n) is 15.1. The molecule has 0 amide bonds. The lowest BCUT2D eigenvalue weighted by molar-refractivity contribution is -0.104. The lowest BCUT2D eigenvalue weighted by atomic mass is 9.97. The average molecular weight is 334 g/mol. The van der Waals surface area contributed by atoms with Gasteiger partial charge in [0.1, 0.15) is 12.0 Å². The van der Waals surface area contributed by atoms with Gasteiger partial charge in [0, 0.05) is 0 Å². The number of aldehydes is 1. The Morgan fingerprint density at radius 2 is 1.88 bits per heavy atom. The minimum Gasteiger partial charge on any atom is -0.497 e. The molecule has 0 heterocycles. The fourth-order valence-corrected chi connectivity index (χ4v) is 2.71. The summed E-state index contributed by atoms with van der Waals surface area (Å²) in [6, 6.07) is 8.06. The van der Waals surface area contributed by atoms with Gasteiger partial charge in [-0.1, -0.05) is 54.2 Å². The van der Waals surface area contributed by atoms with Crippen LogP contribution in [0.1, 0.15) is 38.2 Å². The van der Waals surface area contributed by atoms with Crippen molar-refractivity contribution in [2.24, 2.45) is 0 Å². The van der Waals surface area contributed by atoms with Crippen LogP contribution in [0.3, 0.4) is 0 Å². The van der Waals surface area contributed by atoms with Crippen LogP contribution < -0.4 is 4.74 Å². The average Bonchev–Trinajstić information content (AvgIpc) is 2.65. The number of carbonyl (C=O) groups is 1. The largest absolute Gasteiger partial charge is 0.497 e. The minimum absolute atomic E-state index is 0.809. The van der Waals surface area contributed by atoms with Gasteiger partial charge in [0.15, 0.2) is 0 Å². The summed E-state index contributed by atoms with van der Waals surface area (Å²) in [5, 5.41) is 0. The fourth-order valence-electron chi connectivity index (χ4n) is 2.71. The monoisotopic (exact) mass is 334 g/mol. The standard InChI is InChI=1S/C23H26O2/c1-19(17-18-24)7-6-10-21(12-11-20-8-4-3-5-9-20)22-13-15-23(25-2)16-14-22/h6-8,10-18H,3-5,9H2,1-2H3/b7-6+,12-11+,19-17+,21-10-. The van der Waals surface area contributed by atoms with Crippen LogP contribution in [-0.2, 0) is 4.79 Å². The Bertz CT molecular complexity index is 713. The third kappa shape index (κ3) is 6.42. The van der Waals surface area contributed by atoms with Crippen LogP contribution in [-0.4, -0.2) is 13.4 Å². The predicted molar refractivity (Wildman–Crippen MR) is 106 cm³/mol. The van der Waals surface area contributed by atoms with Gasteiger partial charge in [0.05, 0.1) is 7.11 Å². The van der Waals surface area contributed by atoms with Crippen molar-refractivity contribution < 1.29 is 9.53 Å². The van der Waals surface area contributed by atoms with Crippen LogP contribution in [0.4, 0.5) is 0 Å². The number of carbonyl (C=O) groups excluding carboxylic acids is 1. The molecular formula is C23H26O2. The molecule has 1 aromatic rings. The molecular weight excluding hydrogens is 308 g/mol. The summed E-state index contributed by atoms with van der Waals surface area (Å²) >= 11 is 0. The molecule has 1 aromatic carbocycles. The molecule has 0 saturated carbocycles. The van der Waals surface area contributed by atoms with Gasteiger partial charge in [-0.2, -0.15) is 0 Å². The van der Waals surface area contributed by atoms with E-state index in [1.807, 2.05) is 31.2 Å². The van der Waals surface area contributed by atoms with E-state index in [0.717, 1.165) is 35.2 Å². The van der Waals surface area contributed by atoms with Crippen molar-refractivity contribution in [1.29, 1.82) is 0 Å². The van der Waals surface area contributed by atoms with Gasteiger partial charge in [-0.25, -0.2) is 0 Å². The minimum atomic E-state index is 0.809. The first kappa shape index (κ1) is 18.7. The summed E-state index contributed by atoms with van der Waals surface area (Å²) in [5.41, 5.74) is 4.60. The second-order valence-corrected chi connectivity index (χ2v) is 6.11. The fraction of sp³-hybridized carbons (Fsp3) is 0.261. The SMILES string of the molecule is COc1ccc(C(=C\C=C\C(C)=C\C=O)/C=C/C2=CCCCC2)cc1. The van der Waals surface area contributed by atoms with Gasteiger partial charge in [0.25, 0.3) is 0 Å². The summed E-state index contributed by atoms with van der Waals surface area (Å²) in [6.07, 6.45) is 20.0. The highest BCUT2D eigenvalue weighted by molar-refractivity contribution is 5.76. The first-order valence-corrected chi connectivity index (χ1v) is 8.75. The number of hydrogen-bond donors (Lipinski definition) is 0. The molecule has 130 valence electrons. The summed E-state index contributed by atoms with van der Waals surface area (Å²) < 4.78 is 5.24. The second kappa shape index (κ2) is 10.3. The Labute approximate surface area is 150 Å². The molecule has 0 saturated heterocycles. The first-order valence-electron chi connectivity index (χ1n) is 8.75. The van der Waals surface area contributed by atoms with Crippen molar-refractivity contribution in [3.8, 4) is 5.75 Å². The van der Waals surface area contributed by atoms with Crippen molar-refractivity contribution >= 4 is 11.9 Å². The van der Waals surface area contributed by atoms with Crippen LogP contribution in [0, 0.1) is 0 Å². The molecule has 0 N–H and O–H groups in total. The maximum Gasteiger partial charge on any atom is 0.143 e. The highest BCUT2D eigenvalue weighted by Crippen LogP contribution is 2.23. The van der Waals surface area contributed by atoms with Crippen molar-refractivity contribution in [2.45, 2.75) is 32.6 Å². The van der Waals surface area contributed by atoms with E-state index >= 15 is 0 Å². The zero-order chi connectivity index (χ0) is 17.9. The Morgan fingerprint density at radius 3 is 2.52 bits per heavy atom. The van der Waals surface area contributed by atoms with E-state index in [4.69, 9.17) is 4.74 Å². The summed E-state index contributed by atoms with van der Waals surface area (Å²) in [5.74, 6) is 0.849. The smallest absolute Gasteiger partial charge is 0.143 e. The Morgan fingerprint density at radius 1 is 1.08 bits per heavy atom. The normalized spacial score (nSPS) is 16.3. The molecule has 25 heavy (non-hydrogen) atoms. The van der Waals surface area contributed by atoms with Crippen molar-refractivity contribution in [3.05, 3.63) is 83.5 Å². The lowest BCUT2D eigenvalue weighted by Crippen LogP contribution is -1.89. The molecule has 0 aliphatic heterocycles.